The predicted molar refractivity (Wildman–Crippen MR) is 112 cm³/mol. The molecule has 0 bridgehead atoms. The second kappa shape index (κ2) is 7.92. The number of ether oxygens (including phenoxy) is 2. The molecule has 0 saturated carbocycles. The third-order valence-electron chi connectivity index (χ3n) is 4.46. The van der Waals surface area contributed by atoms with E-state index in [1.165, 1.54) is 11.3 Å². The van der Waals surface area contributed by atoms with Crippen molar-refractivity contribution >= 4 is 34.0 Å². The molecule has 0 saturated heterocycles. The Morgan fingerprint density at radius 2 is 2.07 bits per heavy atom. The van der Waals surface area contributed by atoms with Gasteiger partial charge in [-0.3, -0.25) is 9.59 Å². The predicted octanol–water partition coefficient (Wildman–Crippen LogP) is 3.86. The first-order valence-corrected chi connectivity index (χ1v) is 9.88. The van der Waals surface area contributed by atoms with Gasteiger partial charge >= 0.3 is 0 Å². The molecule has 2 heterocycles. The van der Waals surface area contributed by atoms with Crippen molar-refractivity contribution < 1.29 is 19.1 Å². The molecule has 2 N–H and O–H groups in total. The molecule has 29 heavy (non-hydrogen) atoms. The summed E-state index contributed by atoms with van der Waals surface area (Å²) >= 11 is 1.32. The minimum Gasteiger partial charge on any atom is -0.497 e. The van der Waals surface area contributed by atoms with Crippen LogP contribution in [0.5, 0.6) is 11.5 Å². The van der Waals surface area contributed by atoms with Crippen LogP contribution in [0.4, 0.5) is 10.8 Å². The molecule has 0 radical (unpaired) electrons. The largest absolute Gasteiger partial charge is 0.497 e. The highest BCUT2D eigenvalue weighted by molar-refractivity contribution is 7.14. The third kappa shape index (κ3) is 4.22. The first-order chi connectivity index (χ1) is 14.0. The maximum Gasteiger partial charge on any atom is 0.266 e. The first kappa shape index (κ1) is 18.9. The highest BCUT2D eigenvalue weighted by atomic mass is 32.1. The number of carbonyl (C=O) groups excluding carboxylic acids is 2. The van der Waals surface area contributed by atoms with E-state index in [4.69, 9.17) is 9.47 Å². The highest BCUT2D eigenvalue weighted by Crippen LogP contribution is 2.31. The van der Waals surface area contributed by atoms with Gasteiger partial charge in [0.1, 0.15) is 11.5 Å². The number of aromatic nitrogens is 1. The second-order valence-corrected chi connectivity index (χ2v) is 7.47. The molecule has 1 aliphatic rings. The lowest BCUT2D eigenvalue weighted by molar-refractivity contribution is -0.128. The van der Waals surface area contributed by atoms with Crippen LogP contribution in [0.25, 0.3) is 11.3 Å². The zero-order valence-electron chi connectivity index (χ0n) is 15.9. The van der Waals surface area contributed by atoms with Crippen LogP contribution in [0, 0.1) is 6.92 Å². The van der Waals surface area contributed by atoms with Gasteiger partial charge in [-0.15, -0.1) is 11.3 Å². The number of anilines is 2. The summed E-state index contributed by atoms with van der Waals surface area (Å²) in [5, 5.41) is 7.85. The fourth-order valence-corrected chi connectivity index (χ4v) is 3.70. The van der Waals surface area contributed by atoms with Gasteiger partial charge in [0.05, 0.1) is 24.9 Å². The Bertz CT molecular complexity index is 1060. The van der Waals surface area contributed by atoms with E-state index in [1.807, 2.05) is 48.7 Å². The number of rotatable bonds is 5. The van der Waals surface area contributed by atoms with Crippen LogP contribution in [-0.2, 0) is 9.59 Å². The number of nitrogens with zero attached hydrogens (tertiary/aromatic N) is 1. The molecule has 0 aliphatic carbocycles. The second-order valence-electron chi connectivity index (χ2n) is 6.61. The molecule has 1 unspecified atom stereocenters. The van der Waals surface area contributed by atoms with Crippen molar-refractivity contribution in [1.82, 2.24) is 4.98 Å². The molecule has 7 nitrogen and oxygen atoms in total. The Morgan fingerprint density at radius 3 is 2.83 bits per heavy atom. The molecule has 1 aromatic heterocycles. The van der Waals surface area contributed by atoms with Crippen molar-refractivity contribution in [3.05, 3.63) is 53.4 Å². The fourth-order valence-electron chi connectivity index (χ4n) is 2.96. The Labute approximate surface area is 171 Å². The molecule has 0 spiro atoms. The van der Waals surface area contributed by atoms with E-state index in [0.29, 0.717) is 16.6 Å². The Balaban J connectivity index is 1.39. The normalized spacial score (nSPS) is 15.1. The molecule has 3 aromatic rings. The minimum absolute atomic E-state index is 0.101. The van der Waals surface area contributed by atoms with Gasteiger partial charge in [-0.1, -0.05) is 6.07 Å². The zero-order valence-corrected chi connectivity index (χ0v) is 16.7. The van der Waals surface area contributed by atoms with Crippen molar-refractivity contribution in [3.63, 3.8) is 0 Å². The SMILES string of the molecule is COc1ccc(-c2csc(NC(=O)CC3Oc4ccc(C)cc4NC3=O)n2)cc1. The van der Waals surface area contributed by atoms with E-state index in [2.05, 4.69) is 15.6 Å². The monoisotopic (exact) mass is 409 g/mol. The highest BCUT2D eigenvalue weighted by Gasteiger charge is 2.30. The molecule has 4 rings (SSSR count). The van der Waals surface area contributed by atoms with E-state index in [1.54, 1.807) is 13.2 Å². The maximum absolute atomic E-state index is 12.4. The summed E-state index contributed by atoms with van der Waals surface area (Å²) in [6, 6.07) is 13.0. The van der Waals surface area contributed by atoms with Crippen LogP contribution >= 0.6 is 11.3 Å². The summed E-state index contributed by atoms with van der Waals surface area (Å²) in [5.74, 6) is 0.650. The third-order valence-corrected chi connectivity index (χ3v) is 5.22. The molecule has 2 aromatic carbocycles. The summed E-state index contributed by atoms with van der Waals surface area (Å²) in [6.07, 6.45) is -0.984. The van der Waals surface area contributed by atoms with Crippen LogP contribution < -0.4 is 20.1 Å². The van der Waals surface area contributed by atoms with Crippen molar-refractivity contribution in [2.24, 2.45) is 0 Å². The Hall–Kier alpha value is -3.39. The van der Waals surface area contributed by atoms with Gasteiger partial charge in [-0.25, -0.2) is 4.98 Å². The Kier molecular flexibility index (Phi) is 5.18. The average molecular weight is 409 g/mol. The lowest BCUT2D eigenvalue weighted by Gasteiger charge is -2.25. The molecule has 8 heteroatoms. The van der Waals surface area contributed by atoms with E-state index in [0.717, 1.165) is 22.6 Å². The summed E-state index contributed by atoms with van der Waals surface area (Å²) in [6.45, 7) is 1.93. The van der Waals surface area contributed by atoms with Crippen LogP contribution in [0.15, 0.2) is 47.8 Å². The molecular weight excluding hydrogens is 390 g/mol. The molecule has 1 atom stereocenters. The molecule has 0 fully saturated rings. The van der Waals surface area contributed by atoms with Gasteiger partial charge in [0.25, 0.3) is 5.91 Å². The zero-order chi connectivity index (χ0) is 20.4. The number of aryl methyl sites for hydroxylation is 1. The average Bonchev–Trinajstić information content (AvgIpc) is 3.17. The fraction of sp³-hybridized carbons (Fsp3) is 0.190. The van der Waals surface area contributed by atoms with Gasteiger partial charge in [0.15, 0.2) is 11.2 Å². The lowest BCUT2D eigenvalue weighted by Crippen LogP contribution is -2.39. The number of hydrogen-bond donors (Lipinski definition) is 2. The van der Waals surface area contributed by atoms with Crippen molar-refractivity contribution in [2.45, 2.75) is 19.4 Å². The van der Waals surface area contributed by atoms with Crippen molar-refractivity contribution in [3.8, 4) is 22.8 Å². The molecule has 1 aliphatic heterocycles. The number of carbonyl (C=O) groups is 2. The van der Waals surface area contributed by atoms with Crippen LogP contribution in [-0.4, -0.2) is 30.0 Å². The van der Waals surface area contributed by atoms with E-state index < -0.39 is 6.10 Å². The summed E-state index contributed by atoms with van der Waals surface area (Å²) in [5.41, 5.74) is 3.31. The van der Waals surface area contributed by atoms with E-state index in [-0.39, 0.29) is 18.2 Å². The summed E-state index contributed by atoms with van der Waals surface area (Å²) < 4.78 is 10.9. The van der Waals surface area contributed by atoms with E-state index in [9.17, 15) is 9.59 Å². The maximum atomic E-state index is 12.4. The standard InChI is InChI=1S/C21H19N3O4S/c1-12-3-8-17-15(9-12)22-20(26)18(28-17)10-19(25)24-21-23-16(11-29-21)13-4-6-14(27-2)7-5-13/h3-9,11,18H,10H2,1-2H3,(H,22,26)(H,23,24,25). The van der Waals surface area contributed by atoms with Gasteiger partial charge in [0, 0.05) is 10.9 Å². The summed E-state index contributed by atoms with van der Waals surface area (Å²) in [4.78, 5) is 29.1. The quantitative estimate of drug-likeness (QED) is 0.668. The van der Waals surface area contributed by atoms with Crippen molar-refractivity contribution in [1.29, 1.82) is 0 Å². The number of methoxy groups -OCH3 is 1. The molecular formula is C21H19N3O4S. The molecule has 2 amide bonds. The van der Waals surface area contributed by atoms with Gasteiger partial charge in [-0.2, -0.15) is 0 Å². The first-order valence-electron chi connectivity index (χ1n) is 9.00. The molecule has 148 valence electrons. The van der Waals surface area contributed by atoms with Crippen LogP contribution in [0.2, 0.25) is 0 Å². The Morgan fingerprint density at radius 1 is 1.28 bits per heavy atom. The topological polar surface area (TPSA) is 89.5 Å². The van der Waals surface area contributed by atoms with Gasteiger partial charge < -0.3 is 20.1 Å². The minimum atomic E-state index is -0.883. The number of hydrogen-bond acceptors (Lipinski definition) is 6. The number of nitrogens with one attached hydrogen (secondary N) is 2. The van der Waals surface area contributed by atoms with Gasteiger partial charge in [0.2, 0.25) is 5.91 Å². The van der Waals surface area contributed by atoms with E-state index >= 15 is 0 Å². The number of thiazole rings is 1. The van der Waals surface area contributed by atoms with Crippen LogP contribution in [0.3, 0.4) is 0 Å². The lowest BCUT2D eigenvalue weighted by atomic mass is 10.1. The van der Waals surface area contributed by atoms with Crippen LogP contribution in [0.1, 0.15) is 12.0 Å². The number of fused-ring (bicyclic) bond motifs is 1. The van der Waals surface area contributed by atoms with Crippen molar-refractivity contribution in [2.75, 3.05) is 17.7 Å². The smallest absolute Gasteiger partial charge is 0.266 e. The number of benzene rings is 2. The number of amides is 2. The summed E-state index contributed by atoms with van der Waals surface area (Å²) in [7, 11) is 1.61. The van der Waals surface area contributed by atoms with Gasteiger partial charge in [-0.05, 0) is 48.9 Å².